The van der Waals surface area contributed by atoms with Crippen LogP contribution in [0.15, 0.2) is 41.0 Å². The number of rotatable bonds is 7. The molecule has 0 aliphatic carbocycles. The average Bonchev–Trinajstić information content (AvgIpc) is 3.44. The van der Waals surface area contributed by atoms with E-state index in [1.807, 2.05) is 49.3 Å². The quantitative estimate of drug-likeness (QED) is 0.766. The fourth-order valence-corrected chi connectivity index (χ4v) is 3.77. The van der Waals surface area contributed by atoms with E-state index >= 15 is 0 Å². The molecule has 0 saturated carbocycles. The summed E-state index contributed by atoms with van der Waals surface area (Å²) in [7, 11) is 3.87. The highest BCUT2D eigenvalue weighted by Gasteiger charge is 2.36. The SMILES string of the molecule is CN(C)C(CNC(=O)C1CCC(=O)N1Cc1ccc2c(c1)OCO2)c1ccco1. The molecule has 0 radical (unpaired) electrons. The van der Waals surface area contributed by atoms with Crippen LogP contribution in [0, 0.1) is 0 Å². The Morgan fingerprint density at radius 1 is 1.28 bits per heavy atom. The Bertz CT molecular complexity index is 880. The van der Waals surface area contributed by atoms with Crippen molar-refractivity contribution in [3.8, 4) is 11.5 Å². The molecule has 0 bridgehead atoms. The lowest BCUT2D eigenvalue weighted by Crippen LogP contribution is -2.46. The van der Waals surface area contributed by atoms with E-state index in [1.165, 1.54) is 0 Å². The number of nitrogens with zero attached hydrogens (tertiary/aromatic N) is 2. The molecule has 1 aromatic heterocycles. The van der Waals surface area contributed by atoms with Gasteiger partial charge in [0.05, 0.1) is 12.3 Å². The van der Waals surface area contributed by atoms with Crippen LogP contribution < -0.4 is 14.8 Å². The molecule has 1 N–H and O–H groups in total. The molecule has 8 nitrogen and oxygen atoms in total. The van der Waals surface area contributed by atoms with Crippen molar-refractivity contribution in [2.45, 2.75) is 31.5 Å². The fourth-order valence-electron chi connectivity index (χ4n) is 3.77. The summed E-state index contributed by atoms with van der Waals surface area (Å²) in [5, 5.41) is 2.99. The van der Waals surface area contributed by atoms with Crippen LogP contribution in [0.5, 0.6) is 11.5 Å². The molecule has 2 amide bonds. The molecule has 3 heterocycles. The van der Waals surface area contributed by atoms with Gasteiger partial charge in [-0.3, -0.25) is 14.5 Å². The normalized spacial score (nSPS) is 19.1. The van der Waals surface area contributed by atoms with Gasteiger partial charge < -0.3 is 24.1 Å². The van der Waals surface area contributed by atoms with Gasteiger partial charge in [0, 0.05) is 19.5 Å². The molecule has 29 heavy (non-hydrogen) atoms. The van der Waals surface area contributed by atoms with Gasteiger partial charge in [0.1, 0.15) is 11.8 Å². The minimum atomic E-state index is -0.479. The highest BCUT2D eigenvalue weighted by Crippen LogP contribution is 2.33. The average molecular weight is 399 g/mol. The van der Waals surface area contributed by atoms with Gasteiger partial charge in [-0.05, 0) is 50.3 Å². The maximum Gasteiger partial charge on any atom is 0.242 e. The molecule has 0 spiro atoms. The molecule has 1 saturated heterocycles. The molecule has 4 rings (SSSR count). The van der Waals surface area contributed by atoms with Crippen LogP contribution in [0.25, 0.3) is 0 Å². The third-order valence-electron chi connectivity index (χ3n) is 5.39. The van der Waals surface area contributed by atoms with Crippen molar-refractivity contribution >= 4 is 11.8 Å². The maximum atomic E-state index is 12.9. The number of carbonyl (C=O) groups excluding carboxylic acids is 2. The summed E-state index contributed by atoms with van der Waals surface area (Å²) < 4.78 is 16.2. The lowest BCUT2D eigenvalue weighted by atomic mass is 10.1. The van der Waals surface area contributed by atoms with Crippen LogP contribution in [-0.2, 0) is 16.1 Å². The predicted molar refractivity (Wildman–Crippen MR) is 104 cm³/mol. The number of hydrogen-bond donors (Lipinski definition) is 1. The molecule has 1 aromatic carbocycles. The molecule has 2 unspecified atom stereocenters. The molecule has 2 aliphatic heterocycles. The first-order valence-electron chi connectivity index (χ1n) is 9.68. The third-order valence-corrected chi connectivity index (χ3v) is 5.39. The molecule has 2 aromatic rings. The van der Waals surface area contributed by atoms with Crippen LogP contribution in [-0.4, -0.2) is 55.1 Å². The molecule has 154 valence electrons. The number of amides is 2. The number of carbonyl (C=O) groups is 2. The highest BCUT2D eigenvalue weighted by molar-refractivity contribution is 5.90. The number of likely N-dealkylation sites (tertiary alicyclic amines) is 1. The van der Waals surface area contributed by atoms with Crippen molar-refractivity contribution in [3.05, 3.63) is 47.9 Å². The van der Waals surface area contributed by atoms with Crippen molar-refractivity contribution in [3.63, 3.8) is 0 Å². The zero-order valence-electron chi connectivity index (χ0n) is 16.6. The molecular formula is C21H25N3O5. The van der Waals surface area contributed by atoms with E-state index in [-0.39, 0.29) is 24.6 Å². The van der Waals surface area contributed by atoms with Crippen molar-refractivity contribution < 1.29 is 23.5 Å². The second-order valence-corrected chi connectivity index (χ2v) is 7.50. The van der Waals surface area contributed by atoms with E-state index in [9.17, 15) is 9.59 Å². The Hall–Kier alpha value is -3.00. The fraction of sp³-hybridized carbons (Fsp3) is 0.429. The van der Waals surface area contributed by atoms with Crippen LogP contribution in [0.3, 0.4) is 0 Å². The van der Waals surface area contributed by atoms with Gasteiger partial charge in [0.15, 0.2) is 11.5 Å². The predicted octanol–water partition coefficient (Wildman–Crippen LogP) is 1.92. The Morgan fingerprint density at radius 2 is 2.10 bits per heavy atom. The maximum absolute atomic E-state index is 12.9. The molecular weight excluding hydrogens is 374 g/mol. The largest absolute Gasteiger partial charge is 0.468 e. The standard InChI is InChI=1S/C21H25N3O5/c1-23(2)16(17-4-3-9-27-17)11-22-21(26)15-6-8-20(25)24(15)12-14-5-7-18-19(10-14)29-13-28-18/h3-5,7,9-10,15-16H,6,8,11-13H2,1-2H3,(H,22,26). The summed E-state index contributed by atoms with van der Waals surface area (Å²) in [4.78, 5) is 28.9. The lowest BCUT2D eigenvalue weighted by molar-refractivity contribution is -0.135. The third kappa shape index (κ3) is 4.07. The van der Waals surface area contributed by atoms with Gasteiger partial charge in [-0.1, -0.05) is 6.07 Å². The number of benzene rings is 1. The van der Waals surface area contributed by atoms with Crippen molar-refractivity contribution in [1.29, 1.82) is 0 Å². The van der Waals surface area contributed by atoms with Gasteiger partial charge in [0.25, 0.3) is 0 Å². The van der Waals surface area contributed by atoms with Gasteiger partial charge in [-0.25, -0.2) is 0 Å². The summed E-state index contributed by atoms with van der Waals surface area (Å²) in [5.41, 5.74) is 0.907. The first-order valence-corrected chi connectivity index (χ1v) is 9.68. The Morgan fingerprint density at radius 3 is 2.86 bits per heavy atom. The summed E-state index contributed by atoms with van der Waals surface area (Å²) in [6.45, 7) is 0.972. The zero-order valence-corrected chi connectivity index (χ0v) is 16.6. The van der Waals surface area contributed by atoms with E-state index in [2.05, 4.69) is 5.32 Å². The number of hydrogen-bond acceptors (Lipinski definition) is 6. The van der Waals surface area contributed by atoms with E-state index in [0.29, 0.717) is 37.4 Å². The Balaban J connectivity index is 1.41. The minimum Gasteiger partial charge on any atom is -0.468 e. The van der Waals surface area contributed by atoms with Crippen LogP contribution in [0.4, 0.5) is 0 Å². The van der Waals surface area contributed by atoms with Crippen LogP contribution in [0.2, 0.25) is 0 Å². The van der Waals surface area contributed by atoms with Crippen LogP contribution >= 0.6 is 0 Å². The smallest absolute Gasteiger partial charge is 0.242 e. The zero-order chi connectivity index (χ0) is 20.4. The number of fused-ring (bicyclic) bond motifs is 1. The van der Waals surface area contributed by atoms with Gasteiger partial charge >= 0.3 is 0 Å². The first-order chi connectivity index (χ1) is 14.0. The van der Waals surface area contributed by atoms with Gasteiger partial charge in [-0.2, -0.15) is 0 Å². The number of ether oxygens (including phenoxy) is 2. The molecule has 1 fully saturated rings. The minimum absolute atomic E-state index is 0.0157. The van der Waals surface area contributed by atoms with E-state index in [0.717, 1.165) is 11.3 Å². The molecule has 2 aliphatic rings. The number of nitrogens with one attached hydrogen (secondary N) is 1. The number of likely N-dealkylation sites (N-methyl/N-ethyl adjacent to an activating group) is 1. The lowest BCUT2D eigenvalue weighted by Gasteiger charge is -2.27. The molecule has 8 heteroatoms. The summed E-state index contributed by atoms with van der Waals surface area (Å²) >= 11 is 0. The summed E-state index contributed by atoms with van der Waals surface area (Å²) in [5.74, 6) is 1.99. The van der Waals surface area contributed by atoms with E-state index < -0.39 is 6.04 Å². The van der Waals surface area contributed by atoms with E-state index in [1.54, 1.807) is 11.2 Å². The molecule has 2 atom stereocenters. The van der Waals surface area contributed by atoms with E-state index in [4.69, 9.17) is 13.9 Å². The summed E-state index contributed by atoms with van der Waals surface area (Å²) in [6.07, 6.45) is 2.51. The van der Waals surface area contributed by atoms with Crippen molar-refractivity contribution in [1.82, 2.24) is 15.1 Å². The second-order valence-electron chi connectivity index (χ2n) is 7.50. The highest BCUT2D eigenvalue weighted by atomic mass is 16.7. The van der Waals surface area contributed by atoms with Crippen molar-refractivity contribution in [2.75, 3.05) is 27.4 Å². The van der Waals surface area contributed by atoms with Crippen molar-refractivity contribution in [2.24, 2.45) is 0 Å². The Labute approximate surface area is 169 Å². The monoisotopic (exact) mass is 399 g/mol. The second kappa shape index (κ2) is 8.16. The van der Waals surface area contributed by atoms with Gasteiger partial charge in [-0.15, -0.1) is 0 Å². The Kier molecular flexibility index (Phi) is 5.44. The summed E-state index contributed by atoms with van der Waals surface area (Å²) in [6, 6.07) is 8.76. The van der Waals surface area contributed by atoms with Crippen LogP contribution in [0.1, 0.15) is 30.2 Å². The first kappa shape index (κ1) is 19.3. The topological polar surface area (TPSA) is 84.3 Å². The van der Waals surface area contributed by atoms with Gasteiger partial charge in [0.2, 0.25) is 18.6 Å². The number of furan rings is 1.